The van der Waals surface area contributed by atoms with E-state index in [1.54, 1.807) is 0 Å². The Morgan fingerprint density at radius 3 is 2.79 bits per heavy atom. The number of hydrogen-bond acceptors (Lipinski definition) is 3. The zero-order chi connectivity index (χ0) is 9.97. The standard InChI is InChI=1S/C9H10IN3O/c10-7-4-12-13(5-7)6-9-2-1-8(3-11)14-9/h1-2,4-5H,3,6,11H2. The van der Waals surface area contributed by atoms with Gasteiger partial charge in [-0.3, -0.25) is 4.68 Å². The van der Waals surface area contributed by atoms with Crippen LogP contribution in [-0.4, -0.2) is 9.78 Å². The van der Waals surface area contributed by atoms with Gasteiger partial charge >= 0.3 is 0 Å². The molecular formula is C9H10IN3O. The van der Waals surface area contributed by atoms with Crippen LogP contribution in [0.1, 0.15) is 11.5 Å². The molecule has 2 aromatic rings. The summed E-state index contributed by atoms with van der Waals surface area (Å²) in [4.78, 5) is 0. The van der Waals surface area contributed by atoms with E-state index in [0.717, 1.165) is 15.1 Å². The summed E-state index contributed by atoms with van der Waals surface area (Å²) < 4.78 is 8.41. The van der Waals surface area contributed by atoms with E-state index >= 15 is 0 Å². The number of halogens is 1. The van der Waals surface area contributed by atoms with Crippen LogP contribution in [0.25, 0.3) is 0 Å². The van der Waals surface area contributed by atoms with Gasteiger partial charge in [-0.15, -0.1) is 0 Å². The van der Waals surface area contributed by atoms with Gasteiger partial charge in [0.2, 0.25) is 0 Å². The Labute approximate surface area is 95.2 Å². The average molecular weight is 303 g/mol. The second-order valence-corrected chi connectivity index (χ2v) is 4.17. The molecular weight excluding hydrogens is 293 g/mol. The van der Waals surface area contributed by atoms with E-state index in [0.29, 0.717) is 13.1 Å². The summed E-state index contributed by atoms with van der Waals surface area (Å²) in [5.41, 5.74) is 5.44. The summed E-state index contributed by atoms with van der Waals surface area (Å²) in [6, 6.07) is 3.82. The topological polar surface area (TPSA) is 57.0 Å². The summed E-state index contributed by atoms with van der Waals surface area (Å²) >= 11 is 2.22. The molecule has 0 aliphatic carbocycles. The lowest BCUT2D eigenvalue weighted by Gasteiger charge is -1.96. The molecule has 0 spiro atoms. The first kappa shape index (κ1) is 9.72. The Kier molecular flexibility index (Phi) is 2.87. The fourth-order valence-corrected chi connectivity index (χ4v) is 1.65. The van der Waals surface area contributed by atoms with E-state index in [1.807, 2.05) is 29.2 Å². The summed E-state index contributed by atoms with van der Waals surface area (Å²) in [5.74, 6) is 1.69. The molecule has 0 saturated heterocycles. The highest BCUT2D eigenvalue weighted by molar-refractivity contribution is 14.1. The summed E-state index contributed by atoms with van der Waals surface area (Å²) in [6.07, 6.45) is 3.78. The largest absolute Gasteiger partial charge is 0.463 e. The van der Waals surface area contributed by atoms with Gasteiger partial charge in [-0.2, -0.15) is 5.10 Å². The van der Waals surface area contributed by atoms with Crippen molar-refractivity contribution in [2.75, 3.05) is 0 Å². The summed E-state index contributed by atoms with van der Waals surface area (Å²) in [5, 5.41) is 4.16. The molecule has 4 nitrogen and oxygen atoms in total. The highest BCUT2D eigenvalue weighted by Gasteiger charge is 2.02. The molecule has 0 aliphatic rings. The Balaban J connectivity index is 2.10. The molecule has 74 valence electrons. The van der Waals surface area contributed by atoms with Crippen LogP contribution in [0, 0.1) is 3.57 Å². The van der Waals surface area contributed by atoms with E-state index in [-0.39, 0.29) is 0 Å². The van der Waals surface area contributed by atoms with Gasteiger partial charge in [-0.05, 0) is 34.7 Å². The predicted octanol–water partition coefficient (Wildman–Crippen LogP) is 1.59. The highest BCUT2D eigenvalue weighted by atomic mass is 127. The molecule has 0 atom stereocenters. The van der Waals surface area contributed by atoms with Crippen molar-refractivity contribution < 1.29 is 4.42 Å². The fraction of sp³-hybridized carbons (Fsp3) is 0.222. The van der Waals surface area contributed by atoms with Crippen molar-refractivity contribution in [2.45, 2.75) is 13.1 Å². The summed E-state index contributed by atoms with van der Waals surface area (Å²) in [7, 11) is 0. The van der Waals surface area contributed by atoms with Crippen molar-refractivity contribution >= 4 is 22.6 Å². The maximum atomic E-state index is 5.46. The molecule has 2 rings (SSSR count). The zero-order valence-electron chi connectivity index (χ0n) is 7.48. The number of aromatic nitrogens is 2. The zero-order valence-corrected chi connectivity index (χ0v) is 9.64. The van der Waals surface area contributed by atoms with Crippen LogP contribution in [0.3, 0.4) is 0 Å². The van der Waals surface area contributed by atoms with Crippen LogP contribution >= 0.6 is 22.6 Å². The predicted molar refractivity (Wildman–Crippen MR) is 60.6 cm³/mol. The van der Waals surface area contributed by atoms with Crippen molar-refractivity contribution in [1.29, 1.82) is 0 Å². The normalized spacial score (nSPS) is 10.7. The van der Waals surface area contributed by atoms with Gasteiger partial charge in [-0.1, -0.05) is 0 Å². The average Bonchev–Trinajstić information content (AvgIpc) is 2.76. The first-order valence-electron chi connectivity index (χ1n) is 4.23. The minimum atomic E-state index is 0.441. The Hall–Kier alpha value is -0.820. The van der Waals surface area contributed by atoms with Gasteiger partial charge in [0, 0.05) is 6.20 Å². The third-order valence-corrected chi connectivity index (χ3v) is 2.40. The highest BCUT2D eigenvalue weighted by Crippen LogP contribution is 2.09. The number of furan rings is 1. The number of hydrogen-bond donors (Lipinski definition) is 1. The minimum Gasteiger partial charge on any atom is -0.463 e. The first-order chi connectivity index (χ1) is 6.78. The van der Waals surface area contributed by atoms with Gasteiger partial charge in [0.15, 0.2) is 0 Å². The summed E-state index contributed by atoms with van der Waals surface area (Å²) in [6.45, 7) is 1.10. The van der Waals surface area contributed by atoms with Crippen molar-refractivity contribution in [2.24, 2.45) is 5.73 Å². The van der Waals surface area contributed by atoms with Gasteiger partial charge in [0.05, 0.1) is 22.9 Å². The van der Waals surface area contributed by atoms with E-state index in [4.69, 9.17) is 10.2 Å². The second-order valence-electron chi connectivity index (χ2n) is 2.93. The molecule has 2 aromatic heterocycles. The monoisotopic (exact) mass is 303 g/mol. The van der Waals surface area contributed by atoms with Gasteiger partial charge in [-0.25, -0.2) is 0 Å². The van der Waals surface area contributed by atoms with Crippen LogP contribution in [0.2, 0.25) is 0 Å². The SMILES string of the molecule is NCc1ccc(Cn2cc(I)cn2)o1. The third kappa shape index (κ3) is 2.16. The molecule has 0 fully saturated rings. The lowest BCUT2D eigenvalue weighted by atomic mass is 10.4. The smallest absolute Gasteiger partial charge is 0.125 e. The number of nitrogens with two attached hydrogens (primary N) is 1. The van der Waals surface area contributed by atoms with Crippen LogP contribution in [-0.2, 0) is 13.1 Å². The molecule has 0 aromatic carbocycles. The molecule has 0 bridgehead atoms. The molecule has 0 amide bonds. The van der Waals surface area contributed by atoms with Gasteiger partial charge in [0.1, 0.15) is 11.5 Å². The van der Waals surface area contributed by atoms with Crippen LogP contribution in [0.15, 0.2) is 28.9 Å². The molecule has 0 saturated carbocycles. The quantitative estimate of drug-likeness (QED) is 0.876. The van der Waals surface area contributed by atoms with Crippen LogP contribution in [0.5, 0.6) is 0 Å². The minimum absolute atomic E-state index is 0.441. The van der Waals surface area contributed by atoms with E-state index in [9.17, 15) is 0 Å². The molecule has 0 unspecified atom stereocenters. The van der Waals surface area contributed by atoms with Crippen LogP contribution < -0.4 is 5.73 Å². The van der Waals surface area contributed by atoms with Crippen LogP contribution in [0.4, 0.5) is 0 Å². The first-order valence-corrected chi connectivity index (χ1v) is 5.31. The molecule has 2 N–H and O–H groups in total. The van der Waals surface area contributed by atoms with Crippen molar-refractivity contribution in [3.05, 3.63) is 39.6 Å². The Morgan fingerprint density at radius 1 is 1.43 bits per heavy atom. The van der Waals surface area contributed by atoms with Crippen molar-refractivity contribution in [3.8, 4) is 0 Å². The molecule has 0 aliphatic heterocycles. The third-order valence-electron chi connectivity index (χ3n) is 1.84. The number of rotatable bonds is 3. The maximum absolute atomic E-state index is 5.46. The van der Waals surface area contributed by atoms with E-state index in [1.165, 1.54) is 0 Å². The maximum Gasteiger partial charge on any atom is 0.125 e. The molecule has 14 heavy (non-hydrogen) atoms. The molecule has 0 radical (unpaired) electrons. The van der Waals surface area contributed by atoms with Gasteiger partial charge in [0.25, 0.3) is 0 Å². The lowest BCUT2D eigenvalue weighted by molar-refractivity contribution is 0.446. The second kappa shape index (κ2) is 4.14. The molecule has 5 heteroatoms. The lowest BCUT2D eigenvalue weighted by Crippen LogP contribution is -1.98. The Bertz CT molecular complexity index is 421. The van der Waals surface area contributed by atoms with Crippen molar-refractivity contribution in [1.82, 2.24) is 9.78 Å². The Morgan fingerprint density at radius 2 is 2.21 bits per heavy atom. The molecule has 2 heterocycles. The van der Waals surface area contributed by atoms with E-state index in [2.05, 4.69) is 27.7 Å². The number of nitrogens with zero attached hydrogens (tertiary/aromatic N) is 2. The van der Waals surface area contributed by atoms with Crippen molar-refractivity contribution in [3.63, 3.8) is 0 Å². The van der Waals surface area contributed by atoms with E-state index < -0.39 is 0 Å². The fourth-order valence-electron chi connectivity index (χ4n) is 1.20. The van der Waals surface area contributed by atoms with Gasteiger partial charge < -0.3 is 10.2 Å².